The molecule has 2 fully saturated rings. The molecule has 36 heavy (non-hydrogen) atoms. The molecule has 2 unspecified atom stereocenters. The van der Waals surface area contributed by atoms with Crippen LogP contribution in [0.1, 0.15) is 65.7 Å². The van der Waals surface area contributed by atoms with E-state index in [4.69, 9.17) is 0 Å². The standard InChI is InChI=1S/C31H33N3O2/c35-30(22-13-5-2-6-14-22)33-27-18-10-8-16-24(27)31(36)34-20-19-25-28(21-11-3-1-4-12-21)32-26-17-9-7-15-23(26)29(25)34/h1-7,9,11-15,17,24-25,27-29,32H,8,10,16,18-20H2,(H,33,35)/t24-,25+,27-,28?,29?/m0/s1. The molecule has 1 saturated heterocycles. The number of hydrogen-bond donors (Lipinski definition) is 2. The van der Waals surface area contributed by atoms with Gasteiger partial charge in [-0.05, 0) is 48.6 Å². The largest absolute Gasteiger partial charge is 0.378 e. The Balaban J connectivity index is 1.28. The number of amides is 2. The highest BCUT2D eigenvalue weighted by molar-refractivity contribution is 5.95. The monoisotopic (exact) mass is 479 g/mol. The number of likely N-dealkylation sites (tertiary alicyclic amines) is 1. The number of carbonyl (C=O) groups is 2. The molecular formula is C31H33N3O2. The lowest BCUT2D eigenvalue weighted by molar-refractivity contribution is -0.138. The second-order valence-corrected chi connectivity index (χ2v) is 10.4. The molecule has 2 aliphatic heterocycles. The highest BCUT2D eigenvalue weighted by atomic mass is 16.2. The van der Waals surface area contributed by atoms with Gasteiger partial charge in [0, 0.05) is 29.8 Å². The van der Waals surface area contributed by atoms with Crippen molar-refractivity contribution in [3.8, 4) is 0 Å². The Kier molecular flexibility index (Phi) is 6.22. The predicted molar refractivity (Wildman–Crippen MR) is 141 cm³/mol. The van der Waals surface area contributed by atoms with Gasteiger partial charge in [0.05, 0.1) is 18.0 Å². The first-order valence-electron chi connectivity index (χ1n) is 13.3. The lowest BCUT2D eigenvalue weighted by Crippen LogP contribution is -2.50. The summed E-state index contributed by atoms with van der Waals surface area (Å²) in [7, 11) is 0. The van der Waals surface area contributed by atoms with Crippen LogP contribution in [0, 0.1) is 11.8 Å². The summed E-state index contributed by atoms with van der Waals surface area (Å²) in [5.74, 6) is 0.245. The van der Waals surface area contributed by atoms with Gasteiger partial charge in [-0.15, -0.1) is 0 Å². The molecular weight excluding hydrogens is 446 g/mol. The number of nitrogens with one attached hydrogen (secondary N) is 2. The molecule has 6 rings (SSSR count). The van der Waals surface area contributed by atoms with Crippen LogP contribution in [0.25, 0.3) is 0 Å². The number of benzene rings is 3. The van der Waals surface area contributed by atoms with Crippen LogP contribution in [0.15, 0.2) is 84.9 Å². The first kappa shape index (κ1) is 22.8. The average molecular weight is 480 g/mol. The SMILES string of the molecule is O=C(N[C@H]1CCCC[C@@H]1C(=O)N1CC[C@@H]2C(c3ccccc3)Nc3ccccc3C21)c1ccccc1. The number of carbonyl (C=O) groups excluding carboxylic acids is 2. The molecule has 2 heterocycles. The molecule has 5 nitrogen and oxygen atoms in total. The van der Waals surface area contributed by atoms with Crippen LogP contribution in [-0.4, -0.2) is 29.3 Å². The Hall–Kier alpha value is -3.60. The van der Waals surface area contributed by atoms with Crippen molar-refractivity contribution < 1.29 is 9.59 Å². The van der Waals surface area contributed by atoms with Crippen molar-refractivity contribution in [1.29, 1.82) is 0 Å². The fraction of sp³-hybridized carbons (Fsp3) is 0.355. The lowest BCUT2D eigenvalue weighted by Gasteiger charge is -2.42. The van der Waals surface area contributed by atoms with Crippen LogP contribution in [0.4, 0.5) is 5.69 Å². The highest BCUT2D eigenvalue weighted by Crippen LogP contribution is 2.51. The van der Waals surface area contributed by atoms with Crippen molar-refractivity contribution >= 4 is 17.5 Å². The fourth-order valence-corrected chi connectivity index (χ4v) is 6.62. The Morgan fingerprint density at radius 3 is 2.31 bits per heavy atom. The second-order valence-electron chi connectivity index (χ2n) is 10.4. The van der Waals surface area contributed by atoms with E-state index in [-0.39, 0.29) is 35.9 Å². The highest BCUT2D eigenvalue weighted by Gasteiger charge is 2.48. The Bertz CT molecular complexity index is 1230. The number of rotatable bonds is 4. The van der Waals surface area contributed by atoms with Gasteiger partial charge in [-0.25, -0.2) is 0 Å². The molecule has 184 valence electrons. The first-order valence-corrected chi connectivity index (χ1v) is 13.3. The van der Waals surface area contributed by atoms with Crippen LogP contribution < -0.4 is 10.6 Å². The molecule has 2 amide bonds. The number of fused-ring (bicyclic) bond motifs is 3. The minimum absolute atomic E-state index is 0.0487. The smallest absolute Gasteiger partial charge is 0.251 e. The molecule has 2 N–H and O–H groups in total. The van der Waals surface area contributed by atoms with Crippen molar-refractivity contribution in [3.63, 3.8) is 0 Å². The summed E-state index contributed by atoms with van der Waals surface area (Å²) in [6, 6.07) is 28.4. The van der Waals surface area contributed by atoms with Crippen molar-refractivity contribution in [2.75, 3.05) is 11.9 Å². The zero-order valence-corrected chi connectivity index (χ0v) is 20.5. The predicted octanol–water partition coefficient (Wildman–Crippen LogP) is 5.73. The third-order valence-corrected chi connectivity index (χ3v) is 8.34. The van der Waals surface area contributed by atoms with E-state index in [1.807, 2.05) is 30.3 Å². The van der Waals surface area contributed by atoms with E-state index >= 15 is 0 Å². The summed E-state index contributed by atoms with van der Waals surface area (Å²) in [4.78, 5) is 29.3. The summed E-state index contributed by atoms with van der Waals surface area (Å²) in [6.45, 7) is 0.753. The zero-order chi connectivity index (χ0) is 24.5. The Morgan fingerprint density at radius 2 is 1.50 bits per heavy atom. The molecule has 5 heteroatoms. The van der Waals surface area contributed by atoms with Crippen LogP contribution in [-0.2, 0) is 4.79 Å². The Morgan fingerprint density at radius 1 is 0.806 bits per heavy atom. The molecule has 3 aromatic carbocycles. The van der Waals surface area contributed by atoms with Gasteiger partial charge in [-0.1, -0.05) is 79.6 Å². The van der Waals surface area contributed by atoms with Gasteiger partial charge in [0.1, 0.15) is 0 Å². The maximum atomic E-state index is 14.2. The minimum atomic E-state index is -0.178. The summed E-state index contributed by atoms with van der Waals surface area (Å²) >= 11 is 0. The molecule has 0 aromatic heterocycles. The summed E-state index contributed by atoms with van der Waals surface area (Å²) in [6.07, 6.45) is 4.71. The third kappa shape index (κ3) is 4.17. The quantitative estimate of drug-likeness (QED) is 0.502. The molecule has 1 saturated carbocycles. The van der Waals surface area contributed by atoms with E-state index in [1.54, 1.807) is 0 Å². The Labute approximate surface area is 212 Å². The van der Waals surface area contributed by atoms with E-state index in [0.717, 1.165) is 44.3 Å². The van der Waals surface area contributed by atoms with E-state index < -0.39 is 0 Å². The molecule has 0 radical (unpaired) electrons. The number of hydrogen-bond acceptors (Lipinski definition) is 3. The minimum Gasteiger partial charge on any atom is -0.378 e. The van der Waals surface area contributed by atoms with Crippen molar-refractivity contribution in [2.45, 2.75) is 50.2 Å². The van der Waals surface area contributed by atoms with E-state index in [0.29, 0.717) is 11.5 Å². The molecule has 0 spiro atoms. The number of nitrogens with zero attached hydrogens (tertiary/aromatic N) is 1. The van der Waals surface area contributed by atoms with Gasteiger partial charge in [-0.3, -0.25) is 9.59 Å². The maximum Gasteiger partial charge on any atom is 0.251 e. The van der Waals surface area contributed by atoms with Gasteiger partial charge in [0.2, 0.25) is 5.91 Å². The third-order valence-electron chi connectivity index (χ3n) is 8.34. The molecule has 3 aliphatic rings. The average Bonchev–Trinajstić information content (AvgIpc) is 3.39. The van der Waals surface area contributed by atoms with Gasteiger partial charge < -0.3 is 15.5 Å². The van der Waals surface area contributed by atoms with Crippen LogP contribution in [0.3, 0.4) is 0 Å². The molecule has 5 atom stereocenters. The van der Waals surface area contributed by atoms with Gasteiger partial charge >= 0.3 is 0 Å². The van der Waals surface area contributed by atoms with Crippen molar-refractivity contribution in [3.05, 3.63) is 102 Å². The van der Waals surface area contributed by atoms with E-state index in [1.165, 1.54) is 11.1 Å². The maximum absolute atomic E-state index is 14.2. The fourth-order valence-electron chi connectivity index (χ4n) is 6.62. The van der Waals surface area contributed by atoms with E-state index in [2.05, 4.69) is 70.1 Å². The normalized spacial score (nSPS) is 26.9. The van der Waals surface area contributed by atoms with Gasteiger partial charge in [0.15, 0.2) is 0 Å². The van der Waals surface area contributed by atoms with Crippen molar-refractivity contribution in [2.24, 2.45) is 11.8 Å². The summed E-state index contributed by atoms with van der Waals surface area (Å²) in [5, 5.41) is 7.00. The second kappa shape index (κ2) is 9.81. The number of para-hydroxylation sites is 1. The van der Waals surface area contributed by atoms with Crippen LogP contribution >= 0.6 is 0 Å². The summed E-state index contributed by atoms with van der Waals surface area (Å²) < 4.78 is 0. The van der Waals surface area contributed by atoms with E-state index in [9.17, 15) is 9.59 Å². The van der Waals surface area contributed by atoms with Crippen LogP contribution in [0.5, 0.6) is 0 Å². The molecule has 1 aliphatic carbocycles. The van der Waals surface area contributed by atoms with Crippen LogP contribution in [0.2, 0.25) is 0 Å². The van der Waals surface area contributed by atoms with Gasteiger partial charge in [0.25, 0.3) is 5.91 Å². The topological polar surface area (TPSA) is 61.4 Å². The summed E-state index contributed by atoms with van der Waals surface area (Å²) in [5.41, 5.74) is 4.24. The number of anilines is 1. The van der Waals surface area contributed by atoms with Crippen molar-refractivity contribution in [1.82, 2.24) is 10.2 Å². The zero-order valence-electron chi connectivity index (χ0n) is 20.5. The first-order chi connectivity index (χ1) is 17.7. The molecule has 0 bridgehead atoms. The van der Waals surface area contributed by atoms with Gasteiger partial charge in [-0.2, -0.15) is 0 Å². The molecule has 3 aromatic rings. The lowest BCUT2D eigenvalue weighted by atomic mass is 9.79.